The minimum absolute atomic E-state index is 0.111. The molecule has 4 atom stereocenters. The molecule has 10 heteroatoms. The zero-order valence-electron chi connectivity index (χ0n) is 22.9. The van der Waals surface area contributed by atoms with E-state index >= 15 is 0 Å². The lowest BCUT2D eigenvalue weighted by atomic mass is 9.92. The molecule has 0 aromatic heterocycles. The Morgan fingerprint density at radius 3 is 2.14 bits per heavy atom. The predicted octanol–water partition coefficient (Wildman–Crippen LogP) is 3.44. The number of nitrogens with zero attached hydrogens (tertiary/aromatic N) is 5. The number of likely N-dealkylation sites (tertiary alicyclic amines) is 1. The molecule has 0 radical (unpaired) electrons. The summed E-state index contributed by atoms with van der Waals surface area (Å²) >= 11 is 6.65. The van der Waals surface area contributed by atoms with Crippen LogP contribution in [-0.4, -0.2) is 136 Å². The average Bonchev–Trinajstić information content (AvgIpc) is 3.00. The first kappa shape index (κ1) is 27.9. The lowest BCUT2D eigenvalue weighted by Crippen LogP contribution is -2.87. The number of piperazine rings is 1. The van der Waals surface area contributed by atoms with E-state index in [4.69, 9.17) is 4.74 Å². The zero-order chi connectivity index (χ0) is 24.9. The van der Waals surface area contributed by atoms with Gasteiger partial charge in [0.25, 0.3) is 0 Å². The number of hydrogen-bond acceptors (Lipinski definition) is 10. The molecule has 0 aromatic carbocycles. The Bertz CT molecular complexity index is 656. The summed E-state index contributed by atoms with van der Waals surface area (Å²) in [5.41, 5.74) is 0. The highest BCUT2D eigenvalue weighted by atomic mass is 32.2. The van der Waals surface area contributed by atoms with Gasteiger partial charge in [-0.05, 0) is 50.0 Å². The maximum atomic E-state index is 6.00. The average molecular weight is 571 g/mol. The third-order valence-corrected chi connectivity index (χ3v) is 13.0. The zero-order valence-corrected chi connectivity index (χ0v) is 25.3. The fourth-order valence-corrected chi connectivity index (χ4v) is 11.4. The summed E-state index contributed by atoms with van der Waals surface area (Å²) in [6.07, 6.45) is 12.3. The number of thioether (sulfide) groups is 3. The molecule has 0 aliphatic carbocycles. The molecule has 0 spiro atoms. The van der Waals surface area contributed by atoms with Gasteiger partial charge in [-0.1, -0.05) is 19.3 Å². The largest absolute Gasteiger partial charge is 0.379 e. The monoisotopic (exact) mass is 570 g/mol. The van der Waals surface area contributed by atoms with Crippen molar-refractivity contribution in [3.8, 4) is 0 Å². The van der Waals surface area contributed by atoms with E-state index in [0.29, 0.717) is 16.7 Å². The van der Waals surface area contributed by atoms with Gasteiger partial charge < -0.3 is 10.1 Å². The van der Waals surface area contributed by atoms with Crippen LogP contribution in [-0.2, 0) is 4.74 Å². The summed E-state index contributed by atoms with van der Waals surface area (Å²) in [7, 11) is 0. The van der Waals surface area contributed by atoms with Gasteiger partial charge in [0.1, 0.15) is 0 Å². The fourth-order valence-electron chi connectivity index (χ4n) is 7.64. The van der Waals surface area contributed by atoms with Gasteiger partial charge in [-0.15, -0.1) is 11.8 Å². The van der Waals surface area contributed by atoms with E-state index in [1.165, 1.54) is 107 Å². The standard InChI is InChI=1S/C27H50N6OS3/c1-4-11-29(12-5-1)27(30-14-18-34-19-15-30)26(24-8-2-6-20-36-24)28-10-13-32(27)33(25-9-3-7-21-37-25)31-16-22-35-23-17-31/h24-26,28H,1-23H2. The predicted molar refractivity (Wildman–Crippen MR) is 160 cm³/mol. The number of morpholine rings is 1. The van der Waals surface area contributed by atoms with Crippen LogP contribution in [0.15, 0.2) is 0 Å². The van der Waals surface area contributed by atoms with Gasteiger partial charge in [0.2, 0.25) is 0 Å². The summed E-state index contributed by atoms with van der Waals surface area (Å²) in [5, 5.41) is 14.1. The number of piperidine rings is 1. The van der Waals surface area contributed by atoms with Crippen LogP contribution in [0.3, 0.4) is 0 Å². The molecule has 6 aliphatic heterocycles. The molecule has 6 aliphatic rings. The molecule has 6 rings (SSSR count). The fraction of sp³-hybridized carbons (Fsp3) is 1.00. The van der Waals surface area contributed by atoms with E-state index in [9.17, 15) is 0 Å². The summed E-state index contributed by atoms with van der Waals surface area (Å²) in [4.78, 5) is 5.86. The highest BCUT2D eigenvalue weighted by molar-refractivity contribution is 8.00. The van der Waals surface area contributed by atoms with E-state index in [2.05, 4.69) is 65.5 Å². The maximum absolute atomic E-state index is 6.00. The lowest BCUT2D eigenvalue weighted by Gasteiger charge is -2.67. The number of hydrazine groups is 2. The second-order valence-electron chi connectivity index (χ2n) is 11.5. The highest BCUT2D eigenvalue weighted by Crippen LogP contribution is 2.44. The first-order valence-electron chi connectivity index (χ1n) is 15.3. The first-order chi connectivity index (χ1) is 18.4. The van der Waals surface area contributed by atoms with Gasteiger partial charge in [0, 0.05) is 69.1 Å². The second kappa shape index (κ2) is 13.6. The van der Waals surface area contributed by atoms with Crippen molar-refractivity contribution in [1.29, 1.82) is 0 Å². The Kier molecular flexibility index (Phi) is 10.3. The van der Waals surface area contributed by atoms with Crippen molar-refractivity contribution in [2.24, 2.45) is 0 Å². The quantitative estimate of drug-likeness (QED) is 0.513. The normalized spacial score (nSPS) is 38.7. The van der Waals surface area contributed by atoms with E-state index < -0.39 is 0 Å². The molecular weight excluding hydrogens is 521 g/mol. The molecule has 6 heterocycles. The van der Waals surface area contributed by atoms with E-state index in [1.807, 2.05) is 0 Å². The molecular formula is C27H50N6OS3. The van der Waals surface area contributed by atoms with Crippen LogP contribution < -0.4 is 5.32 Å². The Morgan fingerprint density at radius 2 is 1.43 bits per heavy atom. The van der Waals surface area contributed by atoms with Crippen LogP contribution in [0.1, 0.15) is 57.8 Å². The van der Waals surface area contributed by atoms with Crippen LogP contribution in [0.5, 0.6) is 0 Å². The van der Waals surface area contributed by atoms with Crippen LogP contribution in [0.25, 0.3) is 0 Å². The molecule has 1 N–H and O–H groups in total. The number of ether oxygens (including phenoxy) is 1. The molecule has 212 valence electrons. The molecule has 7 nitrogen and oxygen atoms in total. The SMILES string of the molecule is C1CCN(C2(N3CCOCC3)C(C3CCCCS3)NCCN2N(C2CCCCS2)N2CCSCC2)CC1. The van der Waals surface area contributed by atoms with E-state index in [1.54, 1.807) is 0 Å². The topological polar surface area (TPSA) is 37.5 Å². The van der Waals surface area contributed by atoms with Gasteiger partial charge in [-0.2, -0.15) is 33.7 Å². The van der Waals surface area contributed by atoms with Crippen molar-refractivity contribution in [2.75, 3.05) is 88.6 Å². The summed E-state index contributed by atoms with van der Waals surface area (Å²) in [6, 6.07) is 0.456. The molecule has 37 heavy (non-hydrogen) atoms. The van der Waals surface area contributed by atoms with Crippen molar-refractivity contribution in [2.45, 2.75) is 80.2 Å². The van der Waals surface area contributed by atoms with Gasteiger partial charge >= 0.3 is 0 Å². The number of rotatable bonds is 6. The summed E-state index contributed by atoms with van der Waals surface area (Å²) in [5.74, 6) is 5.05. The van der Waals surface area contributed by atoms with Crippen molar-refractivity contribution in [1.82, 2.24) is 30.3 Å². The Hall–Kier alpha value is 0.770. The molecule has 0 bridgehead atoms. The van der Waals surface area contributed by atoms with Gasteiger partial charge in [-0.3, -0.25) is 9.80 Å². The molecule has 4 unspecified atom stereocenters. The van der Waals surface area contributed by atoms with Crippen LogP contribution in [0, 0.1) is 0 Å². The molecule has 0 aromatic rings. The molecule has 0 saturated carbocycles. The van der Waals surface area contributed by atoms with Crippen LogP contribution in [0.2, 0.25) is 0 Å². The van der Waals surface area contributed by atoms with Crippen molar-refractivity contribution in [3.63, 3.8) is 0 Å². The summed E-state index contributed by atoms with van der Waals surface area (Å²) < 4.78 is 6.00. The number of hydrogen-bond donors (Lipinski definition) is 1. The Balaban J connectivity index is 1.45. The van der Waals surface area contributed by atoms with E-state index in [-0.39, 0.29) is 5.79 Å². The third-order valence-electron chi connectivity index (χ3n) is 9.31. The minimum Gasteiger partial charge on any atom is -0.379 e. The van der Waals surface area contributed by atoms with Crippen molar-refractivity contribution < 1.29 is 4.74 Å². The van der Waals surface area contributed by atoms with Gasteiger partial charge in [0.05, 0.1) is 24.6 Å². The van der Waals surface area contributed by atoms with Crippen molar-refractivity contribution in [3.05, 3.63) is 0 Å². The third kappa shape index (κ3) is 5.90. The van der Waals surface area contributed by atoms with Crippen LogP contribution >= 0.6 is 35.3 Å². The molecule has 6 fully saturated rings. The smallest absolute Gasteiger partial charge is 0.162 e. The molecule has 6 saturated heterocycles. The maximum Gasteiger partial charge on any atom is 0.162 e. The second-order valence-corrected chi connectivity index (χ2v) is 15.4. The van der Waals surface area contributed by atoms with Gasteiger partial charge in [-0.25, -0.2) is 5.01 Å². The Morgan fingerprint density at radius 1 is 0.703 bits per heavy atom. The van der Waals surface area contributed by atoms with Gasteiger partial charge in [0.15, 0.2) is 5.79 Å². The van der Waals surface area contributed by atoms with E-state index in [0.717, 1.165) is 39.4 Å². The lowest BCUT2D eigenvalue weighted by molar-refractivity contribution is -0.336. The highest BCUT2D eigenvalue weighted by Gasteiger charge is 2.60. The van der Waals surface area contributed by atoms with Crippen LogP contribution in [0.4, 0.5) is 0 Å². The first-order valence-corrected chi connectivity index (χ1v) is 18.6. The minimum atomic E-state index is -0.111. The van der Waals surface area contributed by atoms with Crippen molar-refractivity contribution >= 4 is 35.3 Å². The molecule has 0 amide bonds. The number of nitrogens with one attached hydrogen (secondary N) is 1. The Labute approximate surface area is 238 Å². The summed E-state index contributed by atoms with van der Waals surface area (Å²) in [6.45, 7) is 10.9.